The van der Waals surface area contributed by atoms with Crippen LogP contribution in [0.3, 0.4) is 0 Å². The fraction of sp³-hybridized carbons (Fsp3) is 0.429. The molecule has 2 aromatic carbocycles. The molecule has 5 rings (SSSR count). The highest BCUT2D eigenvalue weighted by Gasteiger charge is 2.37. The van der Waals surface area contributed by atoms with Crippen molar-refractivity contribution in [3.05, 3.63) is 64.7 Å². The largest absolute Gasteiger partial charge is 0.497 e. The number of methoxy groups -OCH3 is 1. The van der Waals surface area contributed by atoms with E-state index in [2.05, 4.69) is 21.9 Å². The van der Waals surface area contributed by atoms with Gasteiger partial charge < -0.3 is 19.2 Å². The number of carbonyl (C=O) groups is 1. The van der Waals surface area contributed by atoms with Crippen LogP contribution in [-0.4, -0.2) is 25.3 Å². The van der Waals surface area contributed by atoms with Crippen molar-refractivity contribution in [2.75, 3.05) is 13.7 Å². The summed E-state index contributed by atoms with van der Waals surface area (Å²) in [6.45, 7) is 2.53. The highest BCUT2D eigenvalue weighted by atomic mass is 16.5. The second kappa shape index (κ2) is 10.0. The summed E-state index contributed by atoms with van der Waals surface area (Å²) in [5.41, 5.74) is 7.00. The average Bonchev–Trinajstić information content (AvgIpc) is 2.87. The Kier molecular flexibility index (Phi) is 6.66. The van der Waals surface area contributed by atoms with E-state index in [1.165, 1.54) is 24.8 Å². The summed E-state index contributed by atoms with van der Waals surface area (Å²) in [5.74, 6) is 1.74. The first-order valence-corrected chi connectivity index (χ1v) is 12.5. The summed E-state index contributed by atoms with van der Waals surface area (Å²) >= 11 is 0. The Morgan fingerprint density at radius 1 is 1.09 bits per heavy atom. The van der Waals surface area contributed by atoms with E-state index in [0.29, 0.717) is 18.5 Å². The number of urea groups is 1. The minimum absolute atomic E-state index is 0.0125. The Hall–Kier alpha value is -3.48. The molecular weight excluding hydrogens is 442 g/mol. The summed E-state index contributed by atoms with van der Waals surface area (Å²) in [6.07, 6.45) is 8.88. The Bertz CT molecular complexity index is 1270. The maximum Gasteiger partial charge on any atom is 0.335 e. The number of amides is 2. The lowest BCUT2D eigenvalue weighted by Crippen LogP contribution is -2.41. The number of benzene rings is 2. The minimum Gasteiger partial charge on any atom is -0.497 e. The zero-order chi connectivity index (χ0) is 24.3. The van der Waals surface area contributed by atoms with E-state index < -0.39 is 0 Å². The third kappa shape index (κ3) is 5.29. The molecule has 0 radical (unpaired) electrons. The van der Waals surface area contributed by atoms with E-state index in [1.807, 2.05) is 43.3 Å². The van der Waals surface area contributed by atoms with Crippen LogP contribution in [0.25, 0.3) is 11.0 Å². The van der Waals surface area contributed by atoms with Crippen molar-refractivity contribution in [1.82, 2.24) is 10.7 Å². The smallest absolute Gasteiger partial charge is 0.335 e. The number of nitrogens with zero attached hydrogens (tertiary/aromatic N) is 1. The van der Waals surface area contributed by atoms with Gasteiger partial charge in [-0.2, -0.15) is 0 Å². The molecule has 2 amide bonds. The predicted molar refractivity (Wildman–Crippen MR) is 135 cm³/mol. The third-order valence-corrected chi connectivity index (χ3v) is 7.21. The Balaban J connectivity index is 1.25. The van der Waals surface area contributed by atoms with E-state index in [1.54, 1.807) is 7.11 Å². The van der Waals surface area contributed by atoms with Gasteiger partial charge in [-0.3, -0.25) is 0 Å². The summed E-state index contributed by atoms with van der Waals surface area (Å²) < 4.78 is 17.8. The molecular formula is C28H33N3O4. The predicted octanol–water partition coefficient (Wildman–Crippen LogP) is 5.14. The van der Waals surface area contributed by atoms with Crippen molar-refractivity contribution >= 4 is 17.0 Å². The van der Waals surface area contributed by atoms with Crippen LogP contribution in [-0.2, 0) is 12.8 Å². The Morgan fingerprint density at radius 3 is 2.66 bits per heavy atom. The van der Waals surface area contributed by atoms with Gasteiger partial charge in [0.15, 0.2) is 0 Å². The molecule has 2 aliphatic rings. The molecule has 1 spiro atoms. The van der Waals surface area contributed by atoms with E-state index >= 15 is 0 Å². The van der Waals surface area contributed by atoms with E-state index in [4.69, 9.17) is 13.9 Å². The van der Waals surface area contributed by atoms with Crippen molar-refractivity contribution in [3.8, 4) is 11.5 Å². The minimum atomic E-state index is -0.375. The quantitative estimate of drug-likeness (QED) is 0.501. The first kappa shape index (κ1) is 23.3. The maximum atomic E-state index is 12.2. The lowest BCUT2D eigenvalue weighted by molar-refractivity contribution is 0.0109. The molecule has 3 aromatic rings. The van der Waals surface area contributed by atoms with Crippen LogP contribution >= 0.6 is 0 Å². The lowest BCUT2D eigenvalue weighted by Gasteiger charge is -2.41. The molecule has 184 valence electrons. The number of ether oxygens (including phenoxy) is 2. The standard InChI is InChI=1S/C28H33N3O4/c1-19-16-26(30-31-27(32)29-15-11-20-6-8-22(33-2)9-7-20)34-25-18-24-21(17-23(19)25)10-14-28(35-24)12-4-3-5-13-28/h6-9,16-18H,3-5,10-15H2,1-2H3,(H2,29,31,32)/b30-26-. The molecule has 0 bridgehead atoms. The molecule has 0 atom stereocenters. The van der Waals surface area contributed by atoms with Gasteiger partial charge in [0.05, 0.1) is 7.11 Å². The van der Waals surface area contributed by atoms with E-state index in [-0.39, 0.29) is 11.6 Å². The highest BCUT2D eigenvalue weighted by Crippen LogP contribution is 2.43. The first-order chi connectivity index (χ1) is 17.0. The molecule has 2 N–H and O–H groups in total. The molecule has 0 saturated heterocycles. The van der Waals surface area contributed by atoms with Crippen molar-refractivity contribution < 1.29 is 18.7 Å². The molecule has 35 heavy (non-hydrogen) atoms. The highest BCUT2D eigenvalue weighted by molar-refractivity contribution is 5.82. The average molecular weight is 476 g/mol. The lowest BCUT2D eigenvalue weighted by atomic mass is 9.79. The second-order valence-corrected chi connectivity index (χ2v) is 9.65. The van der Waals surface area contributed by atoms with Crippen LogP contribution in [0, 0.1) is 6.92 Å². The van der Waals surface area contributed by atoms with Crippen LogP contribution in [0.2, 0.25) is 0 Å². The number of fused-ring (bicyclic) bond motifs is 2. The van der Waals surface area contributed by atoms with Gasteiger partial charge in [-0.05, 0) is 86.8 Å². The molecule has 1 saturated carbocycles. The van der Waals surface area contributed by atoms with Crippen molar-refractivity contribution in [1.29, 1.82) is 0 Å². The van der Waals surface area contributed by atoms with Gasteiger partial charge in [-0.25, -0.2) is 10.2 Å². The molecule has 2 heterocycles. The van der Waals surface area contributed by atoms with Crippen LogP contribution < -0.4 is 25.8 Å². The van der Waals surface area contributed by atoms with Crippen LogP contribution in [0.4, 0.5) is 4.79 Å². The van der Waals surface area contributed by atoms with Gasteiger partial charge in [0.2, 0.25) is 5.55 Å². The van der Waals surface area contributed by atoms with Crippen LogP contribution in [0.15, 0.2) is 52.0 Å². The summed E-state index contributed by atoms with van der Waals surface area (Å²) in [5, 5.41) is 8.04. The number of hydrogen-bond acceptors (Lipinski definition) is 5. The van der Waals surface area contributed by atoms with Gasteiger partial charge in [0.1, 0.15) is 22.7 Å². The second-order valence-electron chi connectivity index (χ2n) is 9.65. The van der Waals surface area contributed by atoms with Gasteiger partial charge in [-0.1, -0.05) is 18.6 Å². The third-order valence-electron chi connectivity index (χ3n) is 7.21. The molecule has 0 unspecified atom stereocenters. The summed E-state index contributed by atoms with van der Waals surface area (Å²) in [6, 6.07) is 13.4. The number of rotatable bonds is 5. The summed E-state index contributed by atoms with van der Waals surface area (Å²) in [4.78, 5) is 12.2. The van der Waals surface area contributed by atoms with Gasteiger partial charge in [0.25, 0.3) is 0 Å². The Labute approximate surface area is 205 Å². The van der Waals surface area contributed by atoms with Gasteiger partial charge >= 0.3 is 6.03 Å². The number of hydrogen-bond donors (Lipinski definition) is 2. The van der Waals surface area contributed by atoms with Crippen molar-refractivity contribution in [2.24, 2.45) is 5.10 Å². The first-order valence-electron chi connectivity index (χ1n) is 12.5. The zero-order valence-electron chi connectivity index (χ0n) is 20.5. The fourth-order valence-electron chi connectivity index (χ4n) is 5.20. The molecule has 7 heteroatoms. The van der Waals surface area contributed by atoms with Gasteiger partial charge in [-0.15, -0.1) is 5.10 Å². The SMILES string of the molecule is COc1ccc(CCNC(=O)N/N=c2/cc(C)c3cc4c(cc3o2)OC2(CCCCC2)CC4)cc1. The van der Waals surface area contributed by atoms with Gasteiger partial charge in [0, 0.05) is 24.1 Å². The molecule has 1 fully saturated rings. The topological polar surface area (TPSA) is 85.1 Å². The van der Waals surface area contributed by atoms with Crippen molar-refractivity contribution in [3.63, 3.8) is 0 Å². The van der Waals surface area contributed by atoms with E-state index in [0.717, 1.165) is 59.3 Å². The number of nitrogens with one attached hydrogen (secondary N) is 2. The molecule has 1 aromatic heterocycles. The maximum absolute atomic E-state index is 12.2. The fourth-order valence-corrected chi connectivity index (χ4v) is 5.20. The monoisotopic (exact) mass is 475 g/mol. The van der Waals surface area contributed by atoms with Crippen LogP contribution in [0.1, 0.15) is 55.2 Å². The number of carbonyl (C=O) groups excluding carboxylic acids is 1. The molecule has 7 nitrogen and oxygen atoms in total. The van der Waals surface area contributed by atoms with Crippen LogP contribution in [0.5, 0.6) is 11.5 Å². The van der Waals surface area contributed by atoms with E-state index in [9.17, 15) is 4.79 Å². The number of aryl methyl sites for hydroxylation is 2. The molecule has 1 aliphatic heterocycles. The molecule has 1 aliphatic carbocycles. The summed E-state index contributed by atoms with van der Waals surface area (Å²) in [7, 11) is 1.64. The normalized spacial score (nSPS) is 17.0. The Morgan fingerprint density at radius 2 is 1.89 bits per heavy atom. The van der Waals surface area contributed by atoms with Crippen molar-refractivity contribution in [2.45, 2.75) is 63.9 Å². The zero-order valence-corrected chi connectivity index (χ0v) is 20.5.